The van der Waals surface area contributed by atoms with E-state index in [1.165, 1.54) is 24.6 Å². The number of benzene rings is 1. The Morgan fingerprint density at radius 1 is 1.05 bits per heavy atom. The van der Waals surface area contributed by atoms with Crippen LogP contribution in [0.2, 0.25) is 0 Å². The molecule has 5 atom stereocenters. The molecule has 1 aromatic heterocycles. The first-order valence-corrected chi connectivity index (χ1v) is 8.34. The van der Waals surface area contributed by atoms with Crippen molar-refractivity contribution in [2.75, 3.05) is 0 Å². The van der Waals surface area contributed by atoms with E-state index in [1.807, 2.05) is 12.1 Å². The maximum atomic E-state index is 10.6. The molecule has 3 fully saturated rings. The number of rotatable bonds is 3. The van der Waals surface area contributed by atoms with Gasteiger partial charge in [0.1, 0.15) is 0 Å². The molecule has 2 aromatic rings. The summed E-state index contributed by atoms with van der Waals surface area (Å²) in [4.78, 5) is 4.71. The molecule has 5 rings (SSSR count). The third-order valence-corrected chi connectivity index (χ3v) is 6.31. The topological polar surface area (TPSA) is 33.1 Å². The minimum atomic E-state index is -0.183. The van der Waals surface area contributed by atoms with Crippen LogP contribution in [0.15, 0.2) is 36.4 Å². The smallest absolute Gasteiger partial charge is 0.0705 e. The summed E-state index contributed by atoms with van der Waals surface area (Å²) in [5.41, 5.74) is 2.08. The standard InChI is InChI=1S/C19H21NO/c21-16(19-17-12-5-6-13(9-12)18(17)19)10-14-8-7-11-3-1-2-4-15(11)20-14/h1-4,7-8,12-13,16-19,21H,5-6,9-10H2. The van der Waals surface area contributed by atoms with Gasteiger partial charge in [0.25, 0.3) is 0 Å². The second kappa shape index (κ2) is 4.30. The highest BCUT2D eigenvalue weighted by Gasteiger charge is 2.66. The Balaban J connectivity index is 1.35. The first-order chi connectivity index (χ1) is 10.3. The number of pyridine rings is 1. The Morgan fingerprint density at radius 3 is 2.62 bits per heavy atom. The van der Waals surface area contributed by atoms with E-state index in [-0.39, 0.29) is 6.10 Å². The van der Waals surface area contributed by atoms with Crippen LogP contribution in [0.3, 0.4) is 0 Å². The van der Waals surface area contributed by atoms with E-state index in [1.54, 1.807) is 0 Å². The van der Waals surface area contributed by atoms with Crippen molar-refractivity contribution < 1.29 is 5.11 Å². The molecule has 0 saturated heterocycles. The zero-order valence-electron chi connectivity index (χ0n) is 12.2. The maximum Gasteiger partial charge on any atom is 0.0705 e. The number of hydrogen-bond donors (Lipinski definition) is 1. The second-order valence-corrected chi connectivity index (χ2v) is 7.33. The van der Waals surface area contributed by atoms with Gasteiger partial charge < -0.3 is 5.11 Å². The predicted molar refractivity (Wildman–Crippen MR) is 82.8 cm³/mol. The summed E-state index contributed by atoms with van der Waals surface area (Å²) in [5.74, 6) is 4.14. The molecule has 21 heavy (non-hydrogen) atoms. The molecular weight excluding hydrogens is 258 g/mol. The van der Waals surface area contributed by atoms with Crippen LogP contribution in [0.25, 0.3) is 10.9 Å². The van der Waals surface area contributed by atoms with E-state index in [4.69, 9.17) is 4.98 Å². The van der Waals surface area contributed by atoms with Crippen molar-refractivity contribution in [1.29, 1.82) is 0 Å². The summed E-state index contributed by atoms with van der Waals surface area (Å²) in [6, 6.07) is 12.4. The van der Waals surface area contributed by atoms with Gasteiger partial charge in [-0.15, -0.1) is 0 Å². The predicted octanol–water partition coefficient (Wildman–Crippen LogP) is 3.43. The van der Waals surface area contributed by atoms with Crippen LogP contribution in [0.4, 0.5) is 0 Å². The third kappa shape index (κ3) is 1.78. The van der Waals surface area contributed by atoms with Crippen LogP contribution < -0.4 is 0 Å². The van der Waals surface area contributed by atoms with Gasteiger partial charge in [-0.1, -0.05) is 24.3 Å². The lowest BCUT2D eigenvalue weighted by atomic mass is 9.96. The molecule has 5 unspecified atom stereocenters. The molecule has 3 saturated carbocycles. The van der Waals surface area contributed by atoms with E-state index in [9.17, 15) is 5.11 Å². The van der Waals surface area contributed by atoms with Gasteiger partial charge in [-0.25, -0.2) is 0 Å². The zero-order chi connectivity index (χ0) is 14.0. The molecule has 3 aliphatic carbocycles. The fraction of sp³-hybridized carbons (Fsp3) is 0.526. The Hall–Kier alpha value is -1.41. The Labute approximate surface area is 125 Å². The van der Waals surface area contributed by atoms with E-state index in [0.29, 0.717) is 5.92 Å². The molecule has 3 aliphatic rings. The lowest BCUT2D eigenvalue weighted by Crippen LogP contribution is -2.19. The van der Waals surface area contributed by atoms with Crippen molar-refractivity contribution in [2.45, 2.75) is 31.8 Å². The highest BCUT2D eigenvalue weighted by Crippen LogP contribution is 2.70. The average molecular weight is 279 g/mol. The number of para-hydroxylation sites is 1. The highest BCUT2D eigenvalue weighted by molar-refractivity contribution is 5.78. The van der Waals surface area contributed by atoms with E-state index in [2.05, 4.69) is 24.3 Å². The Bertz CT molecular complexity index is 681. The quantitative estimate of drug-likeness (QED) is 0.933. The van der Waals surface area contributed by atoms with Crippen molar-refractivity contribution >= 4 is 10.9 Å². The maximum absolute atomic E-state index is 10.6. The number of hydrogen-bond acceptors (Lipinski definition) is 2. The van der Waals surface area contributed by atoms with Gasteiger partial charge in [0.05, 0.1) is 11.6 Å². The lowest BCUT2D eigenvalue weighted by Gasteiger charge is -2.15. The number of aromatic nitrogens is 1. The van der Waals surface area contributed by atoms with Crippen LogP contribution in [0.1, 0.15) is 25.0 Å². The average Bonchev–Trinajstić information content (AvgIpc) is 2.96. The lowest BCUT2D eigenvalue weighted by molar-refractivity contribution is 0.128. The minimum Gasteiger partial charge on any atom is -0.392 e. The van der Waals surface area contributed by atoms with Gasteiger partial charge in [0.2, 0.25) is 0 Å². The number of fused-ring (bicyclic) bond motifs is 6. The van der Waals surface area contributed by atoms with Crippen LogP contribution in [-0.2, 0) is 6.42 Å². The first kappa shape index (κ1) is 12.2. The first-order valence-electron chi connectivity index (χ1n) is 8.34. The molecular formula is C19H21NO. The molecule has 0 amide bonds. The van der Waals surface area contributed by atoms with Crippen molar-refractivity contribution in [3.63, 3.8) is 0 Å². The van der Waals surface area contributed by atoms with Gasteiger partial charge >= 0.3 is 0 Å². The fourth-order valence-corrected chi connectivity index (χ4v) is 5.48. The summed E-state index contributed by atoms with van der Waals surface area (Å²) in [6.07, 6.45) is 4.83. The van der Waals surface area contributed by atoms with Crippen LogP contribution in [0.5, 0.6) is 0 Å². The minimum absolute atomic E-state index is 0.183. The van der Waals surface area contributed by atoms with Gasteiger partial charge in [-0.2, -0.15) is 0 Å². The molecule has 108 valence electrons. The molecule has 1 N–H and O–H groups in total. The molecule has 2 nitrogen and oxygen atoms in total. The summed E-state index contributed by atoms with van der Waals surface area (Å²) in [7, 11) is 0. The molecule has 0 radical (unpaired) electrons. The van der Waals surface area contributed by atoms with E-state index in [0.717, 1.165) is 41.3 Å². The van der Waals surface area contributed by atoms with Crippen molar-refractivity contribution in [2.24, 2.45) is 29.6 Å². The van der Waals surface area contributed by atoms with Crippen molar-refractivity contribution in [3.8, 4) is 0 Å². The number of nitrogens with zero attached hydrogens (tertiary/aromatic N) is 1. The molecule has 0 aliphatic heterocycles. The monoisotopic (exact) mass is 279 g/mol. The largest absolute Gasteiger partial charge is 0.392 e. The molecule has 2 bridgehead atoms. The van der Waals surface area contributed by atoms with Crippen LogP contribution in [-0.4, -0.2) is 16.2 Å². The molecule has 2 heteroatoms. The SMILES string of the molecule is OC(Cc1ccc2ccccc2n1)C1C2C3CCC(C3)C12. The molecule has 1 aromatic carbocycles. The summed E-state index contributed by atoms with van der Waals surface area (Å²) >= 11 is 0. The Kier molecular flexibility index (Phi) is 2.49. The summed E-state index contributed by atoms with van der Waals surface area (Å²) in [6.45, 7) is 0. The van der Waals surface area contributed by atoms with E-state index >= 15 is 0 Å². The molecule has 0 spiro atoms. The third-order valence-electron chi connectivity index (χ3n) is 6.31. The Morgan fingerprint density at radius 2 is 1.81 bits per heavy atom. The van der Waals surface area contributed by atoms with Gasteiger partial charge in [0, 0.05) is 17.5 Å². The highest BCUT2D eigenvalue weighted by atomic mass is 16.3. The van der Waals surface area contributed by atoms with E-state index < -0.39 is 0 Å². The van der Waals surface area contributed by atoms with Crippen LogP contribution in [0, 0.1) is 29.6 Å². The fourth-order valence-electron chi connectivity index (χ4n) is 5.48. The normalized spacial score (nSPS) is 37.7. The summed E-state index contributed by atoms with van der Waals surface area (Å²) in [5, 5.41) is 11.8. The van der Waals surface area contributed by atoms with Crippen molar-refractivity contribution in [3.05, 3.63) is 42.1 Å². The summed E-state index contributed by atoms with van der Waals surface area (Å²) < 4.78 is 0. The second-order valence-electron chi connectivity index (χ2n) is 7.33. The zero-order valence-corrected chi connectivity index (χ0v) is 12.2. The number of aliphatic hydroxyl groups excluding tert-OH is 1. The van der Waals surface area contributed by atoms with Crippen molar-refractivity contribution in [1.82, 2.24) is 4.98 Å². The van der Waals surface area contributed by atoms with Crippen LogP contribution >= 0.6 is 0 Å². The number of aliphatic hydroxyl groups is 1. The molecule has 1 heterocycles. The van der Waals surface area contributed by atoms with Gasteiger partial charge in [-0.3, -0.25) is 4.98 Å². The van der Waals surface area contributed by atoms with Gasteiger partial charge in [0.15, 0.2) is 0 Å². The van der Waals surface area contributed by atoms with Gasteiger partial charge in [-0.05, 0) is 61.0 Å².